The normalized spacial score (nSPS) is 18.7. The highest BCUT2D eigenvalue weighted by Gasteiger charge is 2.20. The number of nitrogens with zero attached hydrogens (tertiary/aromatic N) is 1. The predicted octanol–water partition coefficient (Wildman–Crippen LogP) is 3.09. The van der Waals surface area contributed by atoms with Crippen LogP contribution in [0.2, 0.25) is 0 Å². The summed E-state index contributed by atoms with van der Waals surface area (Å²) in [6, 6.07) is 7.69. The van der Waals surface area contributed by atoms with Gasteiger partial charge in [-0.25, -0.2) is 4.98 Å². The number of rotatable bonds is 3. The fourth-order valence-corrected chi connectivity index (χ4v) is 3.31. The van der Waals surface area contributed by atoms with Crippen LogP contribution in [0.25, 0.3) is 11.3 Å². The summed E-state index contributed by atoms with van der Waals surface area (Å²) in [6.45, 7) is 3.71. The largest absolute Gasteiger partial charge is 0.316 e. The van der Waals surface area contributed by atoms with Crippen LogP contribution in [0.1, 0.15) is 34.6 Å². The van der Waals surface area contributed by atoms with E-state index in [1.165, 1.54) is 11.4 Å². The Labute approximate surface area is 116 Å². The molecule has 1 saturated heterocycles. The second kappa shape index (κ2) is 5.23. The number of carbonyl (C=O) groups is 1. The Balaban J connectivity index is 1.83. The molecule has 0 saturated carbocycles. The van der Waals surface area contributed by atoms with Crippen LogP contribution >= 0.6 is 11.3 Å². The maximum Gasteiger partial charge on any atom is 0.159 e. The Hall–Kier alpha value is -1.52. The van der Waals surface area contributed by atoms with Crippen LogP contribution in [-0.2, 0) is 0 Å². The van der Waals surface area contributed by atoms with Gasteiger partial charge in [-0.2, -0.15) is 0 Å². The molecule has 2 aromatic rings. The molecular weight excluding hydrogens is 256 g/mol. The molecule has 1 N–H and O–H groups in total. The lowest BCUT2D eigenvalue weighted by Crippen LogP contribution is -2.07. The molecule has 19 heavy (non-hydrogen) atoms. The molecule has 1 unspecified atom stereocenters. The second-order valence-corrected chi connectivity index (χ2v) is 5.78. The molecule has 0 spiro atoms. The lowest BCUT2D eigenvalue weighted by Gasteiger charge is -2.02. The van der Waals surface area contributed by atoms with Crippen molar-refractivity contribution in [2.24, 2.45) is 0 Å². The van der Waals surface area contributed by atoms with Crippen molar-refractivity contribution in [1.29, 1.82) is 0 Å². The smallest absolute Gasteiger partial charge is 0.159 e. The number of carbonyl (C=O) groups excluding carboxylic acids is 1. The van der Waals surface area contributed by atoms with E-state index >= 15 is 0 Å². The molecule has 3 nitrogen and oxygen atoms in total. The Morgan fingerprint density at radius 1 is 1.37 bits per heavy atom. The average Bonchev–Trinajstić information content (AvgIpc) is 3.10. The summed E-state index contributed by atoms with van der Waals surface area (Å²) in [6.07, 6.45) is 1.18. The number of thiazole rings is 1. The van der Waals surface area contributed by atoms with E-state index in [1.807, 2.05) is 24.3 Å². The van der Waals surface area contributed by atoms with Crippen LogP contribution in [-0.4, -0.2) is 23.9 Å². The fraction of sp³-hybridized carbons (Fsp3) is 0.333. The number of hydrogen-bond donors (Lipinski definition) is 1. The minimum atomic E-state index is 0.0996. The van der Waals surface area contributed by atoms with Crippen LogP contribution in [0.5, 0.6) is 0 Å². The van der Waals surface area contributed by atoms with E-state index in [0.29, 0.717) is 5.92 Å². The van der Waals surface area contributed by atoms with Crippen molar-refractivity contribution < 1.29 is 4.79 Å². The van der Waals surface area contributed by atoms with Gasteiger partial charge in [0.15, 0.2) is 5.78 Å². The maximum absolute atomic E-state index is 11.3. The van der Waals surface area contributed by atoms with E-state index in [0.717, 1.165) is 29.9 Å². The van der Waals surface area contributed by atoms with Gasteiger partial charge in [0.2, 0.25) is 0 Å². The second-order valence-electron chi connectivity index (χ2n) is 4.89. The molecule has 1 fully saturated rings. The van der Waals surface area contributed by atoms with E-state index < -0.39 is 0 Å². The van der Waals surface area contributed by atoms with E-state index in [4.69, 9.17) is 4.98 Å². The highest BCUT2D eigenvalue weighted by Crippen LogP contribution is 2.29. The van der Waals surface area contributed by atoms with Gasteiger partial charge >= 0.3 is 0 Å². The molecule has 2 heterocycles. The highest BCUT2D eigenvalue weighted by atomic mass is 32.1. The molecule has 0 bridgehead atoms. The first kappa shape index (κ1) is 12.5. The van der Waals surface area contributed by atoms with Crippen molar-refractivity contribution in [2.45, 2.75) is 19.3 Å². The summed E-state index contributed by atoms with van der Waals surface area (Å²) >= 11 is 1.73. The lowest BCUT2D eigenvalue weighted by atomic mass is 10.1. The van der Waals surface area contributed by atoms with Crippen molar-refractivity contribution >= 4 is 17.1 Å². The predicted molar refractivity (Wildman–Crippen MR) is 77.8 cm³/mol. The van der Waals surface area contributed by atoms with Crippen molar-refractivity contribution in [2.75, 3.05) is 13.1 Å². The molecule has 3 rings (SSSR count). The average molecular weight is 272 g/mol. The summed E-state index contributed by atoms with van der Waals surface area (Å²) in [5.74, 6) is 0.665. The standard InChI is InChI=1S/C15H16N2OS/c1-10(18)11-2-4-12(5-3-11)14-9-19-15(17-14)13-6-7-16-8-13/h2-5,9,13,16H,6-8H2,1H3. The van der Waals surface area contributed by atoms with E-state index in [1.54, 1.807) is 18.3 Å². The zero-order valence-corrected chi connectivity index (χ0v) is 11.7. The van der Waals surface area contributed by atoms with Gasteiger partial charge in [-0.15, -0.1) is 11.3 Å². The third-order valence-corrected chi connectivity index (χ3v) is 4.53. The van der Waals surface area contributed by atoms with Gasteiger partial charge in [0.1, 0.15) is 0 Å². The molecule has 1 aromatic heterocycles. The van der Waals surface area contributed by atoms with Gasteiger partial charge in [0, 0.05) is 29.0 Å². The lowest BCUT2D eigenvalue weighted by molar-refractivity contribution is 0.101. The first-order valence-electron chi connectivity index (χ1n) is 6.51. The molecule has 0 radical (unpaired) electrons. The molecular formula is C15H16N2OS. The van der Waals surface area contributed by atoms with Crippen LogP contribution in [0.3, 0.4) is 0 Å². The SMILES string of the molecule is CC(=O)c1ccc(-c2csc(C3CCNC3)n2)cc1. The zero-order valence-electron chi connectivity index (χ0n) is 10.8. The van der Waals surface area contributed by atoms with Gasteiger partial charge < -0.3 is 5.32 Å². The Morgan fingerprint density at radius 2 is 2.16 bits per heavy atom. The van der Waals surface area contributed by atoms with Gasteiger partial charge in [-0.1, -0.05) is 24.3 Å². The van der Waals surface area contributed by atoms with Gasteiger partial charge in [-0.3, -0.25) is 4.79 Å². The summed E-state index contributed by atoms with van der Waals surface area (Å²) in [5.41, 5.74) is 2.85. The Morgan fingerprint density at radius 3 is 2.79 bits per heavy atom. The quantitative estimate of drug-likeness (QED) is 0.873. The van der Waals surface area contributed by atoms with E-state index in [9.17, 15) is 4.79 Å². The number of ketones is 1. The number of nitrogens with one attached hydrogen (secondary N) is 1. The van der Waals surface area contributed by atoms with E-state index in [2.05, 4.69) is 10.7 Å². The molecule has 4 heteroatoms. The molecule has 1 aromatic carbocycles. The van der Waals surface area contributed by atoms with Crippen molar-refractivity contribution in [3.63, 3.8) is 0 Å². The summed E-state index contributed by atoms with van der Waals surface area (Å²) in [7, 11) is 0. The van der Waals surface area contributed by atoms with Gasteiger partial charge in [0.25, 0.3) is 0 Å². The van der Waals surface area contributed by atoms with E-state index in [-0.39, 0.29) is 5.78 Å². The van der Waals surface area contributed by atoms with Crippen LogP contribution in [0, 0.1) is 0 Å². The molecule has 1 aliphatic heterocycles. The summed E-state index contributed by atoms with van der Waals surface area (Å²) < 4.78 is 0. The molecule has 0 amide bonds. The first-order valence-corrected chi connectivity index (χ1v) is 7.39. The summed E-state index contributed by atoms with van der Waals surface area (Å²) in [4.78, 5) is 16.0. The van der Waals surface area contributed by atoms with Gasteiger partial charge in [0.05, 0.1) is 10.7 Å². The number of benzene rings is 1. The highest BCUT2D eigenvalue weighted by molar-refractivity contribution is 7.10. The summed E-state index contributed by atoms with van der Waals surface area (Å²) in [5, 5.41) is 6.69. The monoisotopic (exact) mass is 272 g/mol. The zero-order chi connectivity index (χ0) is 13.2. The third kappa shape index (κ3) is 2.60. The topological polar surface area (TPSA) is 42.0 Å². The Kier molecular flexibility index (Phi) is 3.44. The molecule has 1 atom stereocenters. The van der Waals surface area contributed by atoms with Crippen LogP contribution < -0.4 is 5.32 Å². The molecule has 98 valence electrons. The first-order chi connectivity index (χ1) is 9.24. The third-order valence-electron chi connectivity index (χ3n) is 3.52. The van der Waals surface area contributed by atoms with Crippen molar-refractivity contribution in [3.8, 4) is 11.3 Å². The maximum atomic E-state index is 11.3. The fourth-order valence-electron chi connectivity index (χ4n) is 2.35. The van der Waals surface area contributed by atoms with Gasteiger partial charge in [-0.05, 0) is 19.9 Å². The van der Waals surface area contributed by atoms with Crippen LogP contribution in [0.4, 0.5) is 0 Å². The Bertz CT molecular complexity index is 582. The van der Waals surface area contributed by atoms with Crippen LogP contribution in [0.15, 0.2) is 29.6 Å². The molecule has 0 aliphatic carbocycles. The minimum absolute atomic E-state index is 0.0996. The van der Waals surface area contributed by atoms with Crippen molar-refractivity contribution in [3.05, 3.63) is 40.2 Å². The minimum Gasteiger partial charge on any atom is -0.316 e. The number of hydrogen-bond acceptors (Lipinski definition) is 4. The number of Topliss-reactive ketones (excluding diaryl/α,β-unsaturated/α-hetero) is 1. The van der Waals surface area contributed by atoms with Crippen molar-refractivity contribution in [1.82, 2.24) is 10.3 Å². The number of aromatic nitrogens is 1. The molecule has 1 aliphatic rings.